The number of nitrogens with zero attached hydrogens (tertiary/aromatic N) is 4. The molecule has 0 aliphatic carbocycles. The molecule has 4 heteroatoms. The second-order valence-electron chi connectivity index (χ2n) is 14.0. The molecule has 3 heterocycles. The zero-order valence-corrected chi connectivity index (χ0v) is 30.0. The molecule has 10 rings (SSSR count). The van der Waals surface area contributed by atoms with Gasteiger partial charge in [0.15, 0.2) is 0 Å². The molecule has 0 aliphatic rings. The Balaban J connectivity index is 1.33. The molecule has 4 nitrogen and oxygen atoms in total. The number of hydrogen-bond acceptors (Lipinski definition) is 2. The fourth-order valence-electron chi connectivity index (χ4n) is 8.37. The van der Waals surface area contributed by atoms with Crippen molar-refractivity contribution in [2.45, 2.75) is 13.8 Å². The normalized spacial score (nSPS) is 11.5. The number of nitriles is 1. The molecule has 0 atom stereocenters. The lowest BCUT2D eigenvalue weighted by atomic mass is 9.99. The summed E-state index contributed by atoms with van der Waals surface area (Å²) >= 11 is 0. The minimum atomic E-state index is 0.621. The largest absolute Gasteiger partial charge is 0.307 e. The van der Waals surface area contributed by atoms with E-state index in [9.17, 15) is 5.26 Å². The zero-order chi connectivity index (χ0) is 36.3. The zero-order valence-electron chi connectivity index (χ0n) is 30.0. The van der Waals surface area contributed by atoms with Crippen molar-refractivity contribution >= 4 is 43.6 Å². The number of rotatable bonds is 5. The maximum Gasteiger partial charge on any atom is 0.0991 e. The van der Waals surface area contributed by atoms with E-state index in [1.807, 2.05) is 24.5 Å². The summed E-state index contributed by atoms with van der Waals surface area (Å²) in [5.74, 6) is 0. The molecule has 0 amide bonds. The molecule has 0 fully saturated rings. The van der Waals surface area contributed by atoms with Crippen LogP contribution in [0.4, 0.5) is 0 Å². The number of hydrogen-bond donors (Lipinski definition) is 0. The highest BCUT2D eigenvalue weighted by atomic mass is 15.0. The van der Waals surface area contributed by atoms with Crippen molar-refractivity contribution in [2.75, 3.05) is 0 Å². The lowest BCUT2D eigenvalue weighted by Crippen LogP contribution is -2.05. The standard InChI is InChI=1S/C50H34N4/c1-32-11-3-5-13-38(32)36-23-25-42-40-15-7-9-17-44(40)53(46(42)27-36)48-30-52-31-49(50(48)35-21-19-34(29-51)20-22-35)54-45-18-10-8-16-41(45)43-26-24-37(28-47(43)54)39-14-6-4-12-33(39)2/h3-28,30-31H,1-2H3. The summed E-state index contributed by atoms with van der Waals surface area (Å²) < 4.78 is 4.76. The number of para-hydroxylation sites is 2. The smallest absolute Gasteiger partial charge is 0.0991 e. The molecule has 0 aliphatic heterocycles. The Hall–Kier alpha value is -7.22. The van der Waals surface area contributed by atoms with Gasteiger partial charge in [0, 0.05) is 27.1 Å². The lowest BCUT2D eigenvalue weighted by Gasteiger charge is -2.20. The number of pyridine rings is 1. The van der Waals surface area contributed by atoms with Gasteiger partial charge >= 0.3 is 0 Å². The van der Waals surface area contributed by atoms with Gasteiger partial charge in [-0.3, -0.25) is 4.98 Å². The first kappa shape index (κ1) is 31.5. The second-order valence-corrected chi connectivity index (χ2v) is 14.0. The van der Waals surface area contributed by atoms with Crippen LogP contribution in [0, 0.1) is 25.2 Å². The molecule has 10 aromatic rings. The molecule has 54 heavy (non-hydrogen) atoms. The predicted molar refractivity (Wildman–Crippen MR) is 223 cm³/mol. The van der Waals surface area contributed by atoms with E-state index in [1.54, 1.807) is 0 Å². The summed E-state index contributed by atoms with van der Waals surface area (Å²) in [7, 11) is 0. The first-order chi connectivity index (χ1) is 26.6. The Morgan fingerprint density at radius 1 is 0.444 bits per heavy atom. The van der Waals surface area contributed by atoms with Crippen LogP contribution >= 0.6 is 0 Å². The van der Waals surface area contributed by atoms with Gasteiger partial charge in [-0.05, 0) is 89.2 Å². The predicted octanol–water partition coefficient (Wildman–Crippen LogP) is 12.8. The average molecular weight is 691 g/mol. The minimum Gasteiger partial charge on any atom is -0.307 e. The van der Waals surface area contributed by atoms with Crippen molar-refractivity contribution in [3.05, 3.63) is 187 Å². The van der Waals surface area contributed by atoms with Crippen molar-refractivity contribution in [1.82, 2.24) is 14.1 Å². The van der Waals surface area contributed by atoms with E-state index in [1.165, 1.54) is 54.9 Å². The van der Waals surface area contributed by atoms with Crippen LogP contribution in [-0.2, 0) is 0 Å². The third-order valence-electron chi connectivity index (χ3n) is 11.0. The van der Waals surface area contributed by atoms with E-state index >= 15 is 0 Å². The fourth-order valence-corrected chi connectivity index (χ4v) is 8.37. The van der Waals surface area contributed by atoms with E-state index in [0.29, 0.717) is 5.56 Å². The highest BCUT2D eigenvalue weighted by Gasteiger charge is 2.23. The number of benzene rings is 7. The van der Waals surface area contributed by atoms with Gasteiger partial charge in [-0.15, -0.1) is 0 Å². The molecular formula is C50H34N4. The molecule has 254 valence electrons. The summed E-state index contributed by atoms with van der Waals surface area (Å²) in [6.45, 7) is 4.34. The van der Waals surface area contributed by atoms with Crippen LogP contribution in [0.15, 0.2) is 170 Å². The molecule has 0 N–H and O–H groups in total. The maximum atomic E-state index is 9.79. The summed E-state index contributed by atoms with van der Waals surface area (Å²) in [6, 6.07) is 58.3. The van der Waals surface area contributed by atoms with Crippen molar-refractivity contribution < 1.29 is 0 Å². The molecule has 0 unspecified atom stereocenters. The van der Waals surface area contributed by atoms with Gasteiger partial charge in [0.05, 0.1) is 57.5 Å². The van der Waals surface area contributed by atoms with Crippen LogP contribution < -0.4 is 0 Å². The minimum absolute atomic E-state index is 0.621. The molecular weight excluding hydrogens is 657 g/mol. The highest BCUT2D eigenvalue weighted by molar-refractivity contribution is 6.13. The third-order valence-corrected chi connectivity index (χ3v) is 11.0. The van der Waals surface area contributed by atoms with Crippen LogP contribution in [-0.4, -0.2) is 14.1 Å². The summed E-state index contributed by atoms with van der Waals surface area (Å²) in [4.78, 5) is 5.04. The van der Waals surface area contributed by atoms with Gasteiger partial charge in [-0.25, -0.2) is 0 Å². The van der Waals surface area contributed by atoms with Crippen molar-refractivity contribution in [2.24, 2.45) is 0 Å². The third kappa shape index (κ3) is 4.87. The number of aryl methyl sites for hydroxylation is 2. The molecule has 3 aromatic heterocycles. The second kappa shape index (κ2) is 12.5. The lowest BCUT2D eigenvalue weighted by molar-refractivity contribution is 1.09. The Kier molecular flexibility index (Phi) is 7.28. The summed E-state index contributed by atoms with van der Waals surface area (Å²) in [6.07, 6.45) is 3.99. The molecule has 0 bridgehead atoms. The Bertz CT molecular complexity index is 2950. The van der Waals surface area contributed by atoms with Crippen molar-refractivity contribution in [3.8, 4) is 50.8 Å². The Morgan fingerprint density at radius 3 is 1.35 bits per heavy atom. The Morgan fingerprint density at radius 2 is 0.870 bits per heavy atom. The molecule has 0 saturated carbocycles. The van der Waals surface area contributed by atoms with Crippen LogP contribution in [0.25, 0.3) is 88.4 Å². The Labute approximate surface area is 313 Å². The van der Waals surface area contributed by atoms with E-state index in [4.69, 9.17) is 4.98 Å². The number of aromatic nitrogens is 3. The van der Waals surface area contributed by atoms with Gasteiger partial charge < -0.3 is 9.13 Å². The number of fused-ring (bicyclic) bond motifs is 6. The van der Waals surface area contributed by atoms with Crippen LogP contribution in [0.3, 0.4) is 0 Å². The van der Waals surface area contributed by atoms with Crippen LogP contribution in [0.5, 0.6) is 0 Å². The topological polar surface area (TPSA) is 46.5 Å². The van der Waals surface area contributed by atoms with Crippen molar-refractivity contribution in [1.29, 1.82) is 5.26 Å². The van der Waals surface area contributed by atoms with Gasteiger partial charge in [-0.1, -0.05) is 121 Å². The van der Waals surface area contributed by atoms with Crippen LogP contribution in [0.2, 0.25) is 0 Å². The van der Waals surface area contributed by atoms with E-state index in [0.717, 1.165) is 44.6 Å². The van der Waals surface area contributed by atoms with Gasteiger partial charge in [0.2, 0.25) is 0 Å². The highest BCUT2D eigenvalue weighted by Crippen LogP contribution is 2.43. The molecule has 7 aromatic carbocycles. The first-order valence-corrected chi connectivity index (χ1v) is 18.3. The van der Waals surface area contributed by atoms with E-state index in [2.05, 4.69) is 175 Å². The quantitative estimate of drug-likeness (QED) is 0.180. The molecule has 0 saturated heterocycles. The maximum absolute atomic E-state index is 9.79. The summed E-state index contributed by atoms with van der Waals surface area (Å²) in [5.41, 5.74) is 16.2. The van der Waals surface area contributed by atoms with E-state index < -0.39 is 0 Å². The monoisotopic (exact) mass is 690 g/mol. The SMILES string of the molecule is Cc1ccccc1-c1ccc2c3ccccc3n(-c3cncc(-n4c5ccccc5c5ccc(-c6ccccc6C)cc54)c3-c3ccc(C#N)cc3)c2c1. The van der Waals surface area contributed by atoms with Gasteiger partial charge in [0.25, 0.3) is 0 Å². The van der Waals surface area contributed by atoms with Crippen LogP contribution in [0.1, 0.15) is 16.7 Å². The first-order valence-electron chi connectivity index (χ1n) is 18.3. The van der Waals surface area contributed by atoms with Gasteiger partial charge in [-0.2, -0.15) is 5.26 Å². The van der Waals surface area contributed by atoms with Gasteiger partial charge in [0.1, 0.15) is 0 Å². The molecule has 0 spiro atoms. The van der Waals surface area contributed by atoms with E-state index in [-0.39, 0.29) is 0 Å². The average Bonchev–Trinajstić information content (AvgIpc) is 3.73. The fraction of sp³-hybridized carbons (Fsp3) is 0.0400. The summed E-state index contributed by atoms with van der Waals surface area (Å²) in [5, 5.41) is 14.5. The molecule has 0 radical (unpaired) electrons. The van der Waals surface area contributed by atoms with Crippen molar-refractivity contribution in [3.63, 3.8) is 0 Å².